The molecule has 3 fully saturated rings. The zero-order chi connectivity index (χ0) is 53.0. The topological polar surface area (TPSA) is 140 Å². The number of carbonyl (C=O) groups is 1. The van der Waals surface area contributed by atoms with Crippen LogP contribution < -0.4 is 10.1 Å². The van der Waals surface area contributed by atoms with Crippen LogP contribution in [0, 0.1) is 11.7 Å². The van der Waals surface area contributed by atoms with Gasteiger partial charge in [0.1, 0.15) is 54.3 Å². The number of ether oxygens (including phenoxy) is 11. The fourth-order valence-electron chi connectivity index (χ4n) is 9.17. The first-order valence-electron chi connectivity index (χ1n) is 25.7. The molecule has 1 N–H and O–H groups in total. The Balaban J connectivity index is 1.21. The second-order valence-corrected chi connectivity index (χ2v) is 24.9. The molecule has 75 heavy (non-hydrogen) atoms. The fourth-order valence-corrected chi connectivity index (χ4v) is 11.5. The summed E-state index contributed by atoms with van der Waals surface area (Å²) in [5.74, 6) is 0.528. The molecule has 11 atom stereocenters. The predicted octanol–water partition coefficient (Wildman–Crippen LogP) is 11.3. The van der Waals surface area contributed by atoms with E-state index < -0.39 is 87.9 Å². The van der Waals surface area contributed by atoms with E-state index in [-0.39, 0.29) is 44.7 Å². The van der Waals surface area contributed by atoms with Crippen LogP contribution in [0.15, 0.2) is 152 Å². The van der Waals surface area contributed by atoms with E-state index in [4.69, 9.17) is 56.5 Å². The van der Waals surface area contributed by atoms with Crippen LogP contribution in [0.5, 0.6) is 5.75 Å². The van der Waals surface area contributed by atoms with Crippen molar-refractivity contribution in [2.24, 2.45) is 5.92 Å². The standard InChI is InChI=1S/C59H72FNO13Si/c1-9-33-64-51-49-47(37-68-55(72-49)43-23-17-12-18-24-43)71-57(53(51)66-35-42-25-31-46(63-6)32-26-42)73-50-48(38-69-75(7,8)59(4,5)39(2)3)70-56(67-36-41-21-15-11-16-22-41)54(52(50)65-34-40-19-13-10-14-20-40)74-58(62)61-45-29-27-44(60)28-30-45/h9-32,39,47-57H,1,33-38H2,2-8H3,(H,61,62)/t47-,48-,49+,50-,51+,52+,53-,54-,55+,56-,57+/m1/s1. The number of rotatable bonds is 23. The molecule has 1 amide bonds. The van der Waals surface area contributed by atoms with Crippen molar-refractivity contribution in [3.8, 4) is 5.75 Å². The first kappa shape index (κ1) is 55.9. The highest BCUT2D eigenvalue weighted by Crippen LogP contribution is 2.46. The highest BCUT2D eigenvalue weighted by Gasteiger charge is 2.57. The van der Waals surface area contributed by atoms with Crippen molar-refractivity contribution in [1.82, 2.24) is 0 Å². The number of hydrogen-bond acceptors (Lipinski definition) is 13. The van der Waals surface area contributed by atoms with Crippen molar-refractivity contribution < 1.29 is 65.7 Å². The quantitative estimate of drug-likeness (QED) is 0.0491. The lowest BCUT2D eigenvalue weighted by Gasteiger charge is -2.52. The molecule has 5 aromatic rings. The van der Waals surface area contributed by atoms with Gasteiger partial charge in [-0.2, -0.15) is 0 Å². The fraction of sp³-hybridized carbons (Fsp3) is 0.441. The van der Waals surface area contributed by atoms with E-state index in [1.807, 2.05) is 115 Å². The second kappa shape index (κ2) is 26.1. The molecule has 0 aromatic heterocycles. The number of benzene rings is 5. The summed E-state index contributed by atoms with van der Waals surface area (Å²) in [6, 6.07) is 41.9. The average Bonchev–Trinajstić information content (AvgIpc) is 3.42. The van der Waals surface area contributed by atoms with E-state index in [2.05, 4.69) is 52.7 Å². The molecule has 8 rings (SSSR count). The molecular formula is C59H72FNO13Si. The van der Waals surface area contributed by atoms with Crippen molar-refractivity contribution >= 4 is 20.1 Å². The summed E-state index contributed by atoms with van der Waals surface area (Å²) in [5.41, 5.74) is 3.69. The molecule has 0 bridgehead atoms. The van der Waals surface area contributed by atoms with Gasteiger partial charge in [-0.25, -0.2) is 9.18 Å². The minimum Gasteiger partial charge on any atom is -0.497 e. The summed E-state index contributed by atoms with van der Waals surface area (Å²) in [7, 11) is -0.942. The summed E-state index contributed by atoms with van der Waals surface area (Å²) in [4.78, 5) is 14.2. The Kier molecular flexibility index (Phi) is 19.5. The van der Waals surface area contributed by atoms with Gasteiger partial charge in [-0.3, -0.25) is 5.32 Å². The van der Waals surface area contributed by atoms with Crippen LogP contribution in [0.2, 0.25) is 18.1 Å². The molecule has 3 saturated heterocycles. The van der Waals surface area contributed by atoms with E-state index >= 15 is 0 Å². The van der Waals surface area contributed by atoms with Crippen LogP contribution >= 0.6 is 0 Å². The molecule has 3 heterocycles. The van der Waals surface area contributed by atoms with Crippen molar-refractivity contribution in [2.75, 3.05) is 32.2 Å². The molecule has 16 heteroatoms. The van der Waals surface area contributed by atoms with Crippen LogP contribution in [-0.2, 0) is 71.6 Å². The van der Waals surface area contributed by atoms with Gasteiger partial charge in [-0.05, 0) is 77.1 Å². The summed E-state index contributed by atoms with van der Waals surface area (Å²) in [5, 5.41) is 2.57. The molecule has 3 aliphatic rings. The van der Waals surface area contributed by atoms with Gasteiger partial charge in [0.2, 0.25) is 0 Å². The maximum atomic E-state index is 14.2. The Morgan fingerprint density at radius 3 is 1.93 bits per heavy atom. The van der Waals surface area contributed by atoms with E-state index in [9.17, 15) is 9.18 Å². The van der Waals surface area contributed by atoms with Crippen molar-refractivity contribution in [3.05, 3.63) is 180 Å². The van der Waals surface area contributed by atoms with Gasteiger partial charge < -0.3 is 56.5 Å². The lowest BCUT2D eigenvalue weighted by molar-refractivity contribution is -0.394. The first-order valence-corrected chi connectivity index (χ1v) is 28.6. The van der Waals surface area contributed by atoms with Crippen LogP contribution in [0.3, 0.4) is 0 Å². The van der Waals surface area contributed by atoms with E-state index in [1.165, 1.54) is 24.3 Å². The number of fused-ring (bicyclic) bond motifs is 1. The number of carbonyl (C=O) groups excluding carboxylic acids is 1. The number of nitrogens with one attached hydrogen (secondary N) is 1. The Hall–Kier alpha value is -5.34. The van der Waals surface area contributed by atoms with Gasteiger partial charge in [-0.15, -0.1) is 6.58 Å². The number of hydrogen-bond donors (Lipinski definition) is 1. The average molecular weight is 1050 g/mol. The van der Waals surface area contributed by atoms with E-state index in [0.29, 0.717) is 17.4 Å². The van der Waals surface area contributed by atoms with Crippen molar-refractivity contribution in [2.45, 2.75) is 133 Å². The first-order chi connectivity index (χ1) is 36.2. The van der Waals surface area contributed by atoms with Crippen LogP contribution in [0.1, 0.15) is 56.2 Å². The number of methoxy groups -OCH3 is 1. The third-order valence-corrected chi connectivity index (χ3v) is 19.3. The van der Waals surface area contributed by atoms with Crippen LogP contribution in [0.4, 0.5) is 14.9 Å². The van der Waals surface area contributed by atoms with E-state index in [1.54, 1.807) is 13.2 Å². The second-order valence-electron chi connectivity index (χ2n) is 20.3. The van der Waals surface area contributed by atoms with Crippen LogP contribution in [-0.4, -0.2) is 103 Å². The normalized spacial score (nSPS) is 26.0. The molecule has 0 spiro atoms. The molecule has 5 aromatic carbocycles. The number of amides is 1. The zero-order valence-electron chi connectivity index (χ0n) is 43.9. The highest BCUT2D eigenvalue weighted by atomic mass is 28.4. The molecule has 14 nitrogen and oxygen atoms in total. The Morgan fingerprint density at radius 1 is 0.720 bits per heavy atom. The third kappa shape index (κ3) is 14.4. The number of halogens is 1. The minimum atomic E-state index is -2.56. The van der Waals surface area contributed by atoms with Gasteiger partial charge in [0.05, 0.1) is 46.8 Å². The lowest BCUT2D eigenvalue weighted by atomic mass is 9.95. The molecule has 402 valence electrons. The van der Waals surface area contributed by atoms with Crippen LogP contribution in [0.25, 0.3) is 0 Å². The third-order valence-electron chi connectivity index (χ3n) is 14.7. The maximum Gasteiger partial charge on any atom is 0.412 e. The van der Waals surface area contributed by atoms with Gasteiger partial charge in [0.15, 0.2) is 33.3 Å². The molecule has 0 saturated carbocycles. The van der Waals surface area contributed by atoms with Gasteiger partial charge in [0, 0.05) is 11.3 Å². The smallest absolute Gasteiger partial charge is 0.412 e. The van der Waals surface area contributed by atoms with E-state index in [0.717, 1.165) is 22.3 Å². The summed E-state index contributed by atoms with van der Waals surface area (Å²) in [6.07, 6.45) is -9.91. The van der Waals surface area contributed by atoms with Gasteiger partial charge in [0.25, 0.3) is 0 Å². The monoisotopic (exact) mass is 1050 g/mol. The molecule has 0 radical (unpaired) electrons. The SMILES string of the molecule is C=CCO[C@H]1[C@H]2O[C@@H](c3ccccc3)OC[C@H]2O[C@@H](O[C@H]2[C@H](OCc3ccccc3)[C@@H](OC(=O)Nc3ccc(F)cc3)[C@H](OCc3ccccc3)O[C@@H]2CO[Si](C)(C)C(C)(C)C(C)C)[C@@H]1OCc1ccc(OC)cc1. The molecule has 0 unspecified atom stereocenters. The summed E-state index contributed by atoms with van der Waals surface area (Å²) in [6.45, 7) is 17.9. The summed E-state index contributed by atoms with van der Waals surface area (Å²) >= 11 is 0. The minimum absolute atomic E-state index is 0.0441. The van der Waals surface area contributed by atoms with Crippen molar-refractivity contribution in [3.63, 3.8) is 0 Å². The largest absolute Gasteiger partial charge is 0.497 e. The Labute approximate surface area is 441 Å². The van der Waals surface area contributed by atoms with Gasteiger partial charge in [-0.1, -0.05) is 137 Å². The molecule has 3 aliphatic heterocycles. The maximum absolute atomic E-state index is 14.2. The Morgan fingerprint density at radius 2 is 1.32 bits per heavy atom. The highest BCUT2D eigenvalue weighted by molar-refractivity contribution is 6.74. The predicted molar refractivity (Wildman–Crippen MR) is 283 cm³/mol. The molecule has 0 aliphatic carbocycles. The Bertz CT molecular complexity index is 2520. The number of anilines is 1. The van der Waals surface area contributed by atoms with Gasteiger partial charge >= 0.3 is 6.09 Å². The molecular weight excluding hydrogens is 978 g/mol. The summed E-state index contributed by atoms with van der Waals surface area (Å²) < 4.78 is 94.9. The zero-order valence-corrected chi connectivity index (χ0v) is 44.9. The lowest BCUT2D eigenvalue weighted by Crippen LogP contribution is -2.67. The van der Waals surface area contributed by atoms with Crippen molar-refractivity contribution in [1.29, 1.82) is 0 Å².